The molecule has 0 spiro atoms. The van der Waals surface area contributed by atoms with Crippen molar-refractivity contribution in [1.29, 1.82) is 0 Å². The second-order valence-corrected chi connectivity index (χ2v) is 26.6. The number of fused-ring (bicyclic) bond motifs is 3. The van der Waals surface area contributed by atoms with Gasteiger partial charge in [0.1, 0.15) is 17.5 Å². The molecule has 6 aromatic rings. The summed E-state index contributed by atoms with van der Waals surface area (Å²) in [6, 6.07) is 13.1. The summed E-state index contributed by atoms with van der Waals surface area (Å²) >= 11 is 0. The monoisotopic (exact) mass is 1220 g/mol. The number of pyridine rings is 3. The number of likely N-dealkylation sites (tertiary alicyclic amines) is 3. The lowest BCUT2D eigenvalue weighted by molar-refractivity contribution is -0.140. The Bertz CT molecular complexity index is 2930. The molecule has 6 aromatic heterocycles. The van der Waals surface area contributed by atoms with Crippen molar-refractivity contribution >= 4 is 17.9 Å². The van der Waals surface area contributed by atoms with Gasteiger partial charge in [-0.1, -0.05) is 37.5 Å². The predicted octanol–water partition coefficient (Wildman–Crippen LogP) is 11.8. The SMILES string of the molecule is Cc1ncc(C(CC(=O)O)N2CC(CCCCc3ccc4c(n3)CCCC4)C2)cn1.Cc1ncc([C@@H](CC(=O)O)N2CC(CCCCc3ccc4c(n3)CCCC4)C2)cn1.Cc1ncc([C@H](CC(=O)O)N2CC(CCCCc3ccc4c(n3)CCCC4)C2)cn1. The average Bonchev–Trinajstić information content (AvgIpc) is 1.11. The third-order valence-corrected chi connectivity index (χ3v) is 19.5. The van der Waals surface area contributed by atoms with E-state index in [-0.39, 0.29) is 37.4 Å². The number of carboxylic acid groups (broad SMARTS) is 3. The summed E-state index contributed by atoms with van der Waals surface area (Å²) in [6.07, 6.45) is 39.6. The fraction of sp³-hybridized carbons (Fsp3) is 0.583. The van der Waals surface area contributed by atoms with Crippen LogP contribution in [0.4, 0.5) is 0 Å². The smallest absolute Gasteiger partial charge is 0.305 e. The second-order valence-electron chi connectivity index (χ2n) is 26.6. The average molecular weight is 1230 g/mol. The normalized spacial score (nSPS) is 17.9. The van der Waals surface area contributed by atoms with Crippen LogP contribution >= 0.6 is 0 Å². The maximum Gasteiger partial charge on any atom is 0.305 e. The third-order valence-electron chi connectivity index (χ3n) is 19.5. The molecule has 18 nitrogen and oxygen atoms in total. The Morgan fingerprint density at radius 3 is 0.900 bits per heavy atom. The van der Waals surface area contributed by atoms with Gasteiger partial charge in [-0.25, -0.2) is 29.9 Å². The first kappa shape index (κ1) is 65.9. The van der Waals surface area contributed by atoms with Crippen LogP contribution in [0, 0.1) is 38.5 Å². The fourth-order valence-corrected chi connectivity index (χ4v) is 14.3. The highest BCUT2D eigenvalue weighted by Gasteiger charge is 2.37. The molecule has 12 rings (SSSR count). The highest BCUT2D eigenvalue weighted by Crippen LogP contribution is 2.36. The molecule has 3 saturated heterocycles. The van der Waals surface area contributed by atoms with E-state index in [1.807, 2.05) is 20.8 Å². The molecule has 0 amide bonds. The van der Waals surface area contributed by atoms with Crippen LogP contribution in [-0.4, -0.2) is 132 Å². The number of aliphatic carboxylic acids is 3. The van der Waals surface area contributed by atoms with Gasteiger partial charge in [-0.05, 0) is 208 Å². The van der Waals surface area contributed by atoms with Gasteiger partial charge in [-0.2, -0.15) is 0 Å². The van der Waals surface area contributed by atoms with E-state index in [0.29, 0.717) is 35.2 Å². The molecule has 0 bridgehead atoms. The van der Waals surface area contributed by atoms with Gasteiger partial charge in [0.15, 0.2) is 0 Å². The Morgan fingerprint density at radius 2 is 0.644 bits per heavy atom. The Kier molecular flexibility index (Phi) is 24.0. The summed E-state index contributed by atoms with van der Waals surface area (Å²) in [5.74, 6) is 1.77. The van der Waals surface area contributed by atoms with Crippen molar-refractivity contribution in [3.05, 3.63) is 159 Å². The number of carbonyl (C=O) groups is 3. The number of rotatable bonds is 27. The lowest BCUT2D eigenvalue weighted by Gasteiger charge is -2.44. The minimum absolute atomic E-state index is 0.100. The Morgan fingerprint density at radius 1 is 0.389 bits per heavy atom. The molecule has 480 valence electrons. The summed E-state index contributed by atoms with van der Waals surface area (Å²) in [4.78, 5) is 81.0. The van der Waals surface area contributed by atoms with E-state index in [2.05, 4.69) is 81.0 Å². The molecule has 0 radical (unpaired) electrons. The van der Waals surface area contributed by atoms with E-state index >= 15 is 0 Å². The quantitative estimate of drug-likeness (QED) is 0.0406. The summed E-state index contributed by atoms with van der Waals surface area (Å²) in [6.45, 7) is 11.3. The molecule has 3 atom stereocenters. The standard InChI is InChI=1S/3C24H32N4O2/c3*1-17-25-13-20(14-26-17)23(12-24(29)30)28-15-18(16-28)6-2-4-8-21-11-10-19-7-3-5-9-22(19)27-21/h3*10-11,13-14,18,23H,2-9,12,15-16H2,1H3,(H,29,30)/t2*23-;/m10./s1. The zero-order valence-electron chi connectivity index (χ0n) is 53.7. The minimum atomic E-state index is -0.776. The number of aryl methyl sites for hydroxylation is 12. The van der Waals surface area contributed by atoms with E-state index in [1.165, 1.54) is 166 Å². The van der Waals surface area contributed by atoms with Gasteiger partial charge < -0.3 is 15.3 Å². The molecule has 3 aliphatic heterocycles. The van der Waals surface area contributed by atoms with E-state index in [1.54, 1.807) is 37.2 Å². The van der Waals surface area contributed by atoms with Crippen molar-refractivity contribution in [3.63, 3.8) is 0 Å². The number of hydrogen-bond acceptors (Lipinski definition) is 15. The third kappa shape index (κ3) is 19.3. The lowest BCUT2D eigenvalue weighted by Crippen LogP contribution is -2.48. The molecule has 1 unspecified atom stereocenters. The van der Waals surface area contributed by atoms with Crippen LogP contribution in [-0.2, 0) is 72.2 Å². The lowest BCUT2D eigenvalue weighted by atomic mass is 9.89. The van der Waals surface area contributed by atoms with Gasteiger partial charge in [-0.15, -0.1) is 0 Å². The van der Waals surface area contributed by atoms with Gasteiger partial charge in [0.05, 0.1) is 19.3 Å². The molecule has 3 N–H and O–H groups in total. The Balaban J connectivity index is 0.000000148. The molecule has 0 aromatic carbocycles. The van der Waals surface area contributed by atoms with Crippen molar-refractivity contribution in [1.82, 2.24) is 59.6 Å². The minimum Gasteiger partial charge on any atom is -0.481 e. The van der Waals surface area contributed by atoms with Crippen molar-refractivity contribution in [3.8, 4) is 0 Å². The number of unbranched alkanes of at least 4 members (excludes halogenated alkanes) is 3. The highest BCUT2D eigenvalue weighted by molar-refractivity contribution is 5.68. The van der Waals surface area contributed by atoms with Gasteiger partial charge >= 0.3 is 17.9 Å². The van der Waals surface area contributed by atoms with Crippen molar-refractivity contribution in [2.45, 2.75) is 212 Å². The van der Waals surface area contributed by atoms with E-state index in [0.717, 1.165) is 94.5 Å². The van der Waals surface area contributed by atoms with Crippen LogP contribution in [0.15, 0.2) is 73.6 Å². The number of carboxylic acids is 3. The van der Waals surface area contributed by atoms with Crippen LogP contribution < -0.4 is 0 Å². The number of aromatic nitrogens is 9. The second kappa shape index (κ2) is 32.8. The van der Waals surface area contributed by atoms with Crippen LogP contribution in [0.2, 0.25) is 0 Å². The van der Waals surface area contributed by atoms with Gasteiger partial charge in [-0.3, -0.25) is 44.0 Å². The molecule has 18 heteroatoms. The molecule has 6 aliphatic rings. The predicted molar refractivity (Wildman–Crippen MR) is 346 cm³/mol. The summed E-state index contributed by atoms with van der Waals surface area (Å²) < 4.78 is 0. The Hall–Kier alpha value is -7.02. The largest absolute Gasteiger partial charge is 0.481 e. The molecule has 3 aliphatic carbocycles. The summed E-state index contributed by atoms with van der Waals surface area (Å²) in [5.41, 5.74) is 14.8. The maximum absolute atomic E-state index is 11.3. The zero-order chi connectivity index (χ0) is 62.8. The van der Waals surface area contributed by atoms with Gasteiger partial charge in [0, 0.05) is 145 Å². The molecular formula is C72H96N12O6. The van der Waals surface area contributed by atoms with Crippen LogP contribution in [0.25, 0.3) is 0 Å². The topological polar surface area (TPSA) is 238 Å². The van der Waals surface area contributed by atoms with Gasteiger partial charge in [0.25, 0.3) is 0 Å². The number of nitrogens with zero attached hydrogens (tertiary/aromatic N) is 12. The van der Waals surface area contributed by atoms with Gasteiger partial charge in [0.2, 0.25) is 0 Å². The van der Waals surface area contributed by atoms with Crippen molar-refractivity contribution in [2.24, 2.45) is 17.8 Å². The fourth-order valence-electron chi connectivity index (χ4n) is 14.3. The van der Waals surface area contributed by atoms with Crippen LogP contribution in [0.1, 0.15) is 219 Å². The summed E-state index contributed by atoms with van der Waals surface area (Å²) in [5, 5.41) is 27.9. The number of hydrogen-bond donors (Lipinski definition) is 3. The first-order chi connectivity index (χ1) is 43.7. The molecule has 3 fully saturated rings. The van der Waals surface area contributed by atoms with E-state index in [9.17, 15) is 29.7 Å². The zero-order valence-corrected chi connectivity index (χ0v) is 53.7. The van der Waals surface area contributed by atoms with Crippen molar-refractivity contribution in [2.75, 3.05) is 39.3 Å². The first-order valence-electron chi connectivity index (χ1n) is 33.9. The van der Waals surface area contributed by atoms with Crippen LogP contribution in [0.5, 0.6) is 0 Å². The summed E-state index contributed by atoms with van der Waals surface area (Å²) in [7, 11) is 0. The maximum atomic E-state index is 11.3. The molecule has 9 heterocycles. The molecule has 90 heavy (non-hydrogen) atoms. The molecular weight excluding hydrogens is 1130 g/mol. The molecule has 0 saturated carbocycles. The van der Waals surface area contributed by atoms with E-state index in [4.69, 9.17) is 15.0 Å². The van der Waals surface area contributed by atoms with E-state index < -0.39 is 17.9 Å². The Labute approximate surface area is 532 Å². The van der Waals surface area contributed by atoms with Crippen LogP contribution in [0.3, 0.4) is 0 Å². The highest BCUT2D eigenvalue weighted by atomic mass is 16.4. The first-order valence-corrected chi connectivity index (χ1v) is 33.9. The van der Waals surface area contributed by atoms with Crippen molar-refractivity contribution < 1.29 is 29.7 Å².